The minimum Gasteiger partial charge on any atom is -0.330 e. The Morgan fingerprint density at radius 1 is 1.08 bits per heavy atom. The Bertz CT molecular complexity index is 143. The number of hydrogen-bond donors (Lipinski definition) is 2. The summed E-state index contributed by atoms with van der Waals surface area (Å²) in [5, 5.41) is 3.61. The van der Waals surface area contributed by atoms with E-state index in [1.165, 1.54) is 38.6 Å². The van der Waals surface area contributed by atoms with Gasteiger partial charge in [0.1, 0.15) is 0 Å². The van der Waals surface area contributed by atoms with Gasteiger partial charge in [0.15, 0.2) is 0 Å². The molecule has 2 aliphatic rings. The Hall–Kier alpha value is -0.0800. The minimum absolute atomic E-state index is 0.816. The number of hydrogen-bond acceptors (Lipinski definition) is 2. The first-order valence-electron chi connectivity index (χ1n) is 5.33. The van der Waals surface area contributed by atoms with Gasteiger partial charge < -0.3 is 11.1 Å². The average molecular weight is 168 g/mol. The molecule has 0 aromatic rings. The van der Waals surface area contributed by atoms with E-state index in [2.05, 4.69) is 5.32 Å². The van der Waals surface area contributed by atoms with Crippen molar-refractivity contribution in [3.05, 3.63) is 0 Å². The lowest BCUT2D eigenvalue weighted by Crippen LogP contribution is -2.29. The van der Waals surface area contributed by atoms with E-state index in [9.17, 15) is 0 Å². The molecule has 2 aliphatic carbocycles. The van der Waals surface area contributed by atoms with E-state index in [0.29, 0.717) is 0 Å². The van der Waals surface area contributed by atoms with Crippen LogP contribution in [0, 0.1) is 11.8 Å². The van der Waals surface area contributed by atoms with Crippen LogP contribution in [0.25, 0.3) is 0 Å². The van der Waals surface area contributed by atoms with Crippen LogP contribution in [0.1, 0.15) is 32.1 Å². The number of nitrogens with two attached hydrogens (primary N) is 1. The highest BCUT2D eigenvalue weighted by atomic mass is 14.9. The monoisotopic (exact) mass is 168 g/mol. The Balaban J connectivity index is 1.69. The number of rotatable bonds is 4. The third-order valence-electron chi connectivity index (χ3n) is 3.37. The zero-order chi connectivity index (χ0) is 8.39. The van der Waals surface area contributed by atoms with Crippen LogP contribution in [0.3, 0.4) is 0 Å². The van der Waals surface area contributed by atoms with Crippen molar-refractivity contribution in [2.75, 3.05) is 13.1 Å². The molecule has 2 rings (SSSR count). The first-order valence-corrected chi connectivity index (χ1v) is 5.33. The van der Waals surface area contributed by atoms with E-state index >= 15 is 0 Å². The molecule has 0 amide bonds. The lowest BCUT2D eigenvalue weighted by atomic mass is 9.96. The summed E-state index contributed by atoms with van der Waals surface area (Å²) in [6.07, 6.45) is 6.98. The first-order chi connectivity index (χ1) is 5.90. The molecular weight excluding hydrogens is 148 g/mol. The molecule has 0 aliphatic heterocycles. The van der Waals surface area contributed by atoms with E-state index in [1.54, 1.807) is 0 Å². The van der Waals surface area contributed by atoms with Crippen molar-refractivity contribution in [3.8, 4) is 0 Å². The molecule has 0 radical (unpaired) electrons. The highest BCUT2D eigenvalue weighted by molar-refractivity contribution is 4.85. The molecular formula is C10H20N2. The predicted molar refractivity (Wildman–Crippen MR) is 50.9 cm³/mol. The Morgan fingerprint density at radius 3 is 2.50 bits per heavy atom. The van der Waals surface area contributed by atoms with Crippen LogP contribution in [0.5, 0.6) is 0 Å². The van der Waals surface area contributed by atoms with Crippen LogP contribution >= 0.6 is 0 Å². The summed E-state index contributed by atoms with van der Waals surface area (Å²) in [6.45, 7) is 2.13. The molecule has 0 aromatic carbocycles. The van der Waals surface area contributed by atoms with Crippen LogP contribution in [0.4, 0.5) is 0 Å². The molecule has 2 fully saturated rings. The summed E-state index contributed by atoms with van der Waals surface area (Å²) >= 11 is 0. The third kappa shape index (κ3) is 1.99. The molecule has 2 unspecified atom stereocenters. The van der Waals surface area contributed by atoms with Gasteiger partial charge in [0.25, 0.3) is 0 Å². The van der Waals surface area contributed by atoms with Gasteiger partial charge >= 0.3 is 0 Å². The SMILES string of the molecule is NCC1CCCC1CNC1CC1. The standard InChI is InChI=1S/C10H20N2/c11-6-8-2-1-3-9(8)7-12-10-4-5-10/h8-10,12H,1-7,11H2. The molecule has 0 spiro atoms. The molecule has 2 nitrogen and oxygen atoms in total. The maximum atomic E-state index is 5.72. The van der Waals surface area contributed by atoms with E-state index < -0.39 is 0 Å². The van der Waals surface area contributed by atoms with Gasteiger partial charge in [-0.25, -0.2) is 0 Å². The smallest absolute Gasteiger partial charge is 0.00683 e. The molecule has 2 atom stereocenters. The lowest BCUT2D eigenvalue weighted by molar-refractivity contribution is 0.373. The number of nitrogens with one attached hydrogen (secondary N) is 1. The van der Waals surface area contributed by atoms with Gasteiger partial charge in [0.2, 0.25) is 0 Å². The van der Waals surface area contributed by atoms with E-state index in [-0.39, 0.29) is 0 Å². The highest BCUT2D eigenvalue weighted by Gasteiger charge is 2.28. The largest absolute Gasteiger partial charge is 0.330 e. The lowest BCUT2D eigenvalue weighted by Gasteiger charge is -2.17. The maximum absolute atomic E-state index is 5.72. The van der Waals surface area contributed by atoms with Gasteiger partial charge in [0.05, 0.1) is 0 Å². The van der Waals surface area contributed by atoms with Gasteiger partial charge in [-0.1, -0.05) is 6.42 Å². The van der Waals surface area contributed by atoms with Crippen molar-refractivity contribution in [2.24, 2.45) is 17.6 Å². The second-order valence-corrected chi connectivity index (χ2v) is 4.37. The van der Waals surface area contributed by atoms with Crippen molar-refractivity contribution in [1.29, 1.82) is 0 Å². The quantitative estimate of drug-likeness (QED) is 0.660. The highest BCUT2D eigenvalue weighted by Crippen LogP contribution is 2.31. The van der Waals surface area contributed by atoms with E-state index in [4.69, 9.17) is 5.73 Å². The van der Waals surface area contributed by atoms with Crippen LogP contribution < -0.4 is 11.1 Å². The summed E-state index contributed by atoms with van der Waals surface area (Å²) in [5.41, 5.74) is 5.72. The normalized spacial score (nSPS) is 35.8. The van der Waals surface area contributed by atoms with Gasteiger partial charge in [-0.05, 0) is 50.6 Å². The second kappa shape index (κ2) is 3.75. The topological polar surface area (TPSA) is 38.0 Å². The molecule has 2 saturated carbocycles. The summed E-state index contributed by atoms with van der Waals surface area (Å²) in [7, 11) is 0. The van der Waals surface area contributed by atoms with E-state index in [1.807, 2.05) is 0 Å². The van der Waals surface area contributed by atoms with E-state index in [0.717, 1.165) is 24.4 Å². The van der Waals surface area contributed by atoms with Gasteiger partial charge in [-0.15, -0.1) is 0 Å². The molecule has 0 bridgehead atoms. The zero-order valence-corrected chi connectivity index (χ0v) is 7.76. The van der Waals surface area contributed by atoms with Crippen molar-refractivity contribution >= 4 is 0 Å². The fourth-order valence-corrected chi connectivity index (χ4v) is 2.30. The molecule has 0 saturated heterocycles. The third-order valence-corrected chi connectivity index (χ3v) is 3.37. The van der Waals surface area contributed by atoms with Crippen LogP contribution in [0.2, 0.25) is 0 Å². The van der Waals surface area contributed by atoms with Gasteiger partial charge in [-0.2, -0.15) is 0 Å². The van der Waals surface area contributed by atoms with Crippen LogP contribution in [-0.4, -0.2) is 19.1 Å². The molecule has 12 heavy (non-hydrogen) atoms. The summed E-state index contributed by atoms with van der Waals surface area (Å²) in [5.74, 6) is 1.70. The molecule has 70 valence electrons. The molecule has 0 heterocycles. The van der Waals surface area contributed by atoms with Crippen molar-refractivity contribution in [1.82, 2.24) is 5.32 Å². The summed E-state index contributed by atoms with van der Waals surface area (Å²) in [4.78, 5) is 0. The fourth-order valence-electron chi connectivity index (χ4n) is 2.30. The Labute approximate surface area is 74.9 Å². The van der Waals surface area contributed by atoms with Crippen LogP contribution in [-0.2, 0) is 0 Å². The van der Waals surface area contributed by atoms with Gasteiger partial charge in [-0.3, -0.25) is 0 Å². The molecule has 3 N–H and O–H groups in total. The average Bonchev–Trinajstić information content (AvgIpc) is 2.81. The fraction of sp³-hybridized carbons (Fsp3) is 1.00. The summed E-state index contributed by atoms with van der Waals surface area (Å²) < 4.78 is 0. The Morgan fingerprint density at radius 2 is 1.83 bits per heavy atom. The molecule has 2 heteroatoms. The van der Waals surface area contributed by atoms with Crippen molar-refractivity contribution < 1.29 is 0 Å². The first kappa shape index (κ1) is 8.52. The minimum atomic E-state index is 0.816. The Kier molecular flexibility index (Phi) is 2.66. The maximum Gasteiger partial charge on any atom is 0.00683 e. The molecule has 0 aromatic heterocycles. The second-order valence-electron chi connectivity index (χ2n) is 4.37. The predicted octanol–water partition coefficient (Wildman–Crippen LogP) is 1.11. The van der Waals surface area contributed by atoms with Crippen LogP contribution in [0.15, 0.2) is 0 Å². The summed E-state index contributed by atoms with van der Waals surface area (Å²) in [6, 6.07) is 0.865. The van der Waals surface area contributed by atoms with Gasteiger partial charge in [0, 0.05) is 6.04 Å². The van der Waals surface area contributed by atoms with Crippen molar-refractivity contribution in [2.45, 2.75) is 38.1 Å². The van der Waals surface area contributed by atoms with Crippen molar-refractivity contribution in [3.63, 3.8) is 0 Å². The zero-order valence-electron chi connectivity index (χ0n) is 7.76.